The van der Waals surface area contributed by atoms with Crippen LogP contribution >= 0.6 is 0 Å². The highest BCUT2D eigenvalue weighted by molar-refractivity contribution is 5.58. The number of halogens is 2. The molecule has 3 aromatic heterocycles. The molecule has 0 saturated carbocycles. The van der Waals surface area contributed by atoms with Gasteiger partial charge in [0.2, 0.25) is 5.88 Å². The first-order valence-electron chi connectivity index (χ1n) is 6.60. The standard InChI is InChI=1S/C14H13F2N5O/c1-9(14(2,15)16)22-13-4-3-10(5-18-13)11-7-21-8-19-20-12(21)6-17-11/h3-9H,1-2H3. The molecule has 0 fully saturated rings. The Labute approximate surface area is 124 Å². The lowest BCUT2D eigenvalue weighted by Gasteiger charge is -2.20. The minimum atomic E-state index is -2.93. The third kappa shape index (κ3) is 2.85. The summed E-state index contributed by atoms with van der Waals surface area (Å²) in [4.78, 5) is 8.30. The van der Waals surface area contributed by atoms with E-state index in [2.05, 4.69) is 20.2 Å². The summed E-state index contributed by atoms with van der Waals surface area (Å²) in [5.74, 6) is -2.79. The van der Waals surface area contributed by atoms with Crippen LogP contribution in [0.1, 0.15) is 13.8 Å². The van der Waals surface area contributed by atoms with Crippen LogP contribution < -0.4 is 4.74 Å². The van der Waals surface area contributed by atoms with Crippen LogP contribution in [0.2, 0.25) is 0 Å². The quantitative estimate of drug-likeness (QED) is 0.741. The molecule has 22 heavy (non-hydrogen) atoms. The Morgan fingerprint density at radius 1 is 1.23 bits per heavy atom. The van der Waals surface area contributed by atoms with Gasteiger partial charge in [0, 0.05) is 30.9 Å². The van der Waals surface area contributed by atoms with Crippen LogP contribution in [0.4, 0.5) is 8.78 Å². The molecule has 0 amide bonds. The van der Waals surface area contributed by atoms with E-state index in [9.17, 15) is 8.78 Å². The van der Waals surface area contributed by atoms with Crippen molar-refractivity contribution < 1.29 is 13.5 Å². The molecular weight excluding hydrogens is 292 g/mol. The number of pyridine rings is 1. The van der Waals surface area contributed by atoms with Crippen LogP contribution in [0.5, 0.6) is 5.88 Å². The first kappa shape index (κ1) is 14.3. The molecule has 0 bridgehead atoms. The number of rotatable bonds is 4. The van der Waals surface area contributed by atoms with Gasteiger partial charge < -0.3 is 4.74 Å². The van der Waals surface area contributed by atoms with Gasteiger partial charge in [-0.1, -0.05) is 0 Å². The minimum absolute atomic E-state index is 0.142. The molecule has 0 radical (unpaired) electrons. The Kier molecular flexibility index (Phi) is 3.44. The summed E-state index contributed by atoms with van der Waals surface area (Å²) in [6.45, 7) is 2.11. The zero-order valence-corrected chi connectivity index (χ0v) is 11.9. The monoisotopic (exact) mass is 305 g/mol. The Hall–Kier alpha value is -2.64. The second kappa shape index (κ2) is 5.28. The van der Waals surface area contributed by atoms with Gasteiger partial charge in [-0.15, -0.1) is 10.2 Å². The molecule has 114 valence electrons. The van der Waals surface area contributed by atoms with E-state index in [0.29, 0.717) is 11.3 Å². The predicted octanol–water partition coefficient (Wildman–Crippen LogP) is 2.61. The largest absolute Gasteiger partial charge is 0.468 e. The van der Waals surface area contributed by atoms with Crippen LogP contribution in [-0.4, -0.2) is 36.6 Å². The lowest BCUT2D eigenvalue weighted by atomic mass is 10.2. The zero-order chi connectivity index (χ0) is 15.7. The Morgan fingerprint density at radius 3 is 2.73 bits per heavy atom. The molecule has 0 aliphatic heterocycles. The van der Waals surface area contributed by atoms with E-state index in [0.717, 1.165) is 12.5 Å². The average molecular weight is 305 g/mol. The van der Waals surface area contributed by atoms with E-state index in [1.165, 1.54) is 19.2 Å². The third-order valence-electron chi connectivity index (χ3n) is 3.22. The second-order valence-electron chi connectivity index (χ2n) is 4.97. The molecule has 6 nitrogen and oxygen atoms in total. The van der Waals surface area contributed by atoms with Gasteiger partial charge in [-0.2, -0.15) is 0 Å². The van der Waals surface area contributed by atoms with Crippen LogP contribution in [0.15, 0.2) is 37.1 Å². The van der Waals surface area contributed by atoms with Crippen molar-refractivity contribution in [3.63, 3.8) is 0 Å². The zero-order valence-electron chi connectivity index (χ0n) is 11.9. The van der Waals surface area contributed by atoms with Crippen molar-refractivity contribution in [1.29, 1.82) is 0 Å². The van der Waals surface area contributed by atoms with Gasteiger partial charge in [-0.25, -0.2) is 13.8 Å². The van der Waals surface area contributed by atoms with Crippen molar-refractivity contribution in [2.24, 2.45) is 0 Å². The molecule has 0 saturated heterocycles. The Morgan fingerprint density at radius 2 is 2.05 bits per heavy atom. The van der Waals surface area contributed by atoms with Gasteiger partial charge in [0.25, 0.3) is 5.92 Å². The van der Waals surface area contributed by atoms with Gasteiger partial charge in [-0.3, -0.25) is 9.38 Å². The first-order valence-corrected chi connectivity index (χ1v) is 6.60. The van der Waals surface area contributed by atoms with Crippen molar-refractivity contribution in [1.82, 2.24) is 24.6 Å². The number of nitrogens with zero attached hydrogens (tertiary/aromatic N) is 5. The smallest absolute Gasteiger partial charge is 0.281 e. The summed E-state index contributed by atoms with van der Waals surface area (Å²) in [5.41, 5.74) is 2.04. The molecular formula is C14H13F2N5O. The lowest BCUT2D eigenvalue weighted by molar-refractivity contribution is -0.0732. The van der Waals surface area contributed by atoms with Gasteiger partial charge in [0.05, 0.1) is 11.9 Å². The highest BCUT2D eigenvalue weighted by Gasteiger charge is 2.32. The minimum Gasteiger partial charge on any atom is -0.468 e. The van der Waals surface area contributed by atoms with Crippen LogP contribution in [-0.2, 0) is 0 Å². The molecule has 1 atom stereocenters. The van der Waals surface area contributed by atoms with E-state index < -0.39 is 12.0 Å². The SMILES string of the molecule is CC(Oc1ccc(-c2cn3cnnc3cn2)cn1)C(C)(F)F. The fraction of sp³-hybridized carbons (Fsp3) is 0.286. The summed E-state index contributed by atoms with van der Waals surface area (Å²) in [6.07, 6.45) is 5.19. The summed E-state index contributed by atoms with van der Waals surface area (Å²) in [7, 11) is 0. The summed E-state index contributed by atoms with van der Waals surface area (Å²) in [5, 5.41) is 7.64. The van der Waals surface area contributed by atoms with E-state index in [4.69, 9.17) is 4.74 Å². The number of alkyl halides is 2. The molecule has 0 N–H and O–H groups in total. The van der Waals surface area contributed by atoms with Gasteiger partial charge in [-0.05, 0) is 13.0 Å². The van der Waals surface area contributed by atoms with Gasteiger partial charge >= 0.3 is 0 Å². The van der Waals surface area contributed by atoms with Crippen molar-refractivity contribution in [3.8, 4) is 17.1 Å². The van der Waals surface area contributed by atoms with Gasteiger partial charge in [0.1, 0.15) is 6.33 Å². The van der Waals surface area contributed by atoms with Crippen molar-refractivity contribution >= 4 is 5.65 Å². The molecule has 0 aliphatic carbocycles. The molecule has 3 rings (SSSR count). The van der Waals surface area contributed by atoms with Crippen LogP contribution in [0, 0.1) is 0 Å². The average Bonchev–Trinajstić information content (AvgIpc) is 2.94. The van der Waals surface area contributed by atoms with Crippen LogP contribution in [0.25, 0.3) is 16.9 Å². The number of ether oxygens (including phenoxy) is 1. The Bertz CT molecular complexity index is 782. The van der Waals surface area contributed by atoms with Gasteiger partial charge in [0.15, 0.2) is 11.8 Å². The van der Waals surface area contributed by atoms with E-state index >= 15 is 0 Å². The molecule has 3 aromatic rings. The van der Waals surface area contributed by atoms with Crippen molar-refractivity contribution in [2.45, 2.75) is 25.9 Å². The number of hydrogen-bond acceptors (Lipinski definition) is 5. The highest BCUT2D eigenvalue weighted by Crippen LogP contribution is 2.23. The Balaban J connectivity index is 1.81. The second-order valence-corrected chi connectivity index (χ2v) is 4.97. The normalized spacial score (nSPS) is 13.3. The topological polar surface area (TPSA) is 65.2 Å². The lowest BCUT2D eigenvalue weighted by Crippen LogP contribution is -2.32. The molecule has 0 aromatic carbocycles. The fourth-order valence-corrected chi connectivity index (χ4v) is 1.77. The molecule has 0 spiro atoms. The molecule has 3 heterocycles. The van der Waals surface area contributed by atoms with Crippen LogP contribution in [0.3, 0.4) is 0 Å². The third-order valence-corrected chi connectivity index (χ3v) is 3.22. The fourth-order valence-electron chi connectivity index (χ4n) is 1.77. The van der Waals surface area contributed by atoms with Crippen molar-refractivity contribution in [3.05, 3.63) is 37.1 Å². The number of aromatic nitrogens is 5. The summed E-state index contributed by atoms with van der Waals surface area (Å²) in [6, 6.07) is 3.25. The maximum atomic E-state index is 13.1. The number of fused-ring (bicyclic) bond motifs is 1. The molecule has 8 heteroatoms. The maximum Gasteiger partial charge on any atom is 0.281 e. The van der Waals surface area contributed by atoms with E-state index in [1.54, 1.807) is 29.2 Å². The summed E-state index contributed by atoms with van der Waals surface area (Å²) >= 11 is 0. The maximum absolute atomic E-state index is 13.1. The first-order chi connectivity index (χ1) is 10.4. The molecule has 0 aliphatic rings. The predicted molar refractivity (Wildman–Crippen MR) is 74.7 cm³/mol. The number of hydrogen-bond donors (Lipinski definition) is 0. The van der Waals surface area contributed by atoms with E-state index in [-0.39, 0.29) is 5.88 Å². The molecule has 1 unspecified atom stereocenters. The summed E-state index contributed by atoms with van der Waals surface area (Å²) < 4.78 is 33.0. The van der Waals surface area contributed by atoms with E-state index in [1.807, 2.05) is 0 Å². The highest BCUT2D eigenvalue weighted by atomic mass is 19.3. The van der Waals surface area contributed by atoms with Crippen molar-refractivity contribution in [2.75, 3.05) is 0 Å².